The van der Waals surface area contributed by atoms with Gasteiger partial charge in [-0.2, -0.15) is 52.7 Å². The van der Waals surface area contributed by atoms with E-state index in [0.717, 1.165) is 43.0 Å². The summed E-state index contributed by atoms with van der Waals surface area (Å²) >= 11 is 14.2. The number of Topliss-reactive ketones (excluding diaryl/α,β-unsaturated/α-hetero) is 2. The van der Waals surface area contributed by atoms with Gasteiger partial charge in [0.15, 0.2) is 11.6 Å². The van der Waals surface area contributed by atoms with Crippen molar-refractivity contribution in [2.75, 3.05) is 13.1 Å². The molecule has 1 fully saturated rings. The summed E-state index contributed by atoms with van der Waals surface area (Å²) in [5.41, 5.74) is -9.82. The number of carbonyl (C=O) groups is 5. The lowest BCUT2D eigenvalue weighted by Gasteiger charge is -2.39. The van der Waals surface area contributed by atoms with Crippen LogP contribution >= 0.6 is 23.2 Å². The van der Waals surface area contributed by atoms with Crippen LogP contribution in [0.15, 0.2) is 60.7 Å². The quantitative estimate of drug-likeness (QED) is 0.0509. The van der Waals surface area contributed by atoms with Gasteiger partial charge in [-0.05, 0) is 108 Å². The number of ether oxygens (including phenoxy) is 3. The molecule has 24 heteroatoms. The topological polar surface area (TPSA) is 120 Å². The molecular formula is C52H34Cl2F12N2O8. The van der Waals surface area contributed by atoms with E-state index in [0.29, 0.717) is 0 Å². The van der Waals surface area contributed by atoms with Crippen LogP contribution in [0, 0.1) is 0 Å². The molecule has 398 valence electrons. The fourth-order valence-corrected chi connectivity index (χ4v) is 10.3. The first kappa shape index (κ1) is 53.7. The normalized spacial score (nSPS) is 15.2. The summed E-state index contributed by atoms with van der Waals surface area (Å²) in [6.45, 7) is 6.86. The van der Waals surface area contributed by atoms with E-state index in [1.165, 1.54) is 4.90 Å². The van der Waals surface area contributed by atoms with Crippen molar-refractivity contribution in [2.45, 2.75) is 83.8 Å². The largest absolute Gasteiger partial charge is 0.457 e. The number of imide groups is 1. The molecule has 0 unspecified atom stereocenters. The van der Waals surface area contributed by atoms with Crippen LogP contribution in [0.1, 0.15) is 111 Å². The van der Waals surface area contributed by atoms with Crippen molar-refractivity contribution in [3.63, 3.8) is 0 Å². The highest BCUT2D eigenvalue weighted by molar-refractivity contribution is 6.51. The minimum absolute atomic E-state index is 0.0266. The molecule has 76 heavy (non-hydrogen) atoms. The van der Waals surface area contributed by atoms with Gasteiger partial charge in [0.05, 0.1) is 38.4 Å². The first-order valence-corrected chi connectivity index (χ1v) is 23.3. The highest BCUT2D eigenvalue weighted by Gasteiger charge is 2.44. The molecule has 2 aliphatic rings. The third-order valence-electron chi connectivity index (χ3n) is 12.9. The van der Waals surface area contributed by atoms with Gasteiger partial charge in [0.2, 0.25) is 0 Å². The fraction of sp³-hybridized carbons (Fsp3) is 0.288. The summed E-state index contributed by atoms with van der Waals surface area (Å²) in [5.74, 6) is -7.45. The number of ketones is 2. The van der Waals surface area contributed by atoms with Crippen molar-refractivity contribution in [1.82, 2.24) is 9.80 Å². The Balaban J connectivity index is 1.41. The molecule has 1 saturated heterocycles. The number of rotatable bonds is 7. The van der Waals surface area contributed by atoms with Crippen LogP contribution in [0.5, 0.6) is 23.0 Å². The van der Waals surface area contributed by atoms with E-state index in [1.54, 1.807) is 20.8 Å². The second-order valence-electron chi connectivity index (χ2n) is 19.1. The molecule has 0 radical (unpaired) electrons. The molecule has 0 aliphatic carbocycles. The van der Waals surface area contributed by atoms with Crippen molar-refractivity contribution in [3.05, 3.63) is 115 Å². The molecule has 10 nitrogen and oxygen atoms in total. The Bertz CT molecular complexity index is 3620. The van der Waals surface area contributed by atoms with Crippen molar-refractivity contribution in [2.24, 2.45) is 0 Å². The molecule has 2 aliphatic heterocycles. The number of benzene rings is 7. The Kier molecular flexibility index (Phi) is 12.7. The summed E-state index contributed by atoms with van der Waals surface area (Å²) in [6, 6.07) is 3.45. The van der Waals surface area contributed by atoms with Gasteiger partial charge in [-0.1, -0.05) is 23.2 Å². The maximum Gasteiger partial charge on any atom is 0.416 e. The number of amides is 3. The zero-order chi connectivity index (χ0) is 55.8. The Hall–Kier alpha value is -7.07. The lowest BCUT2D eigenvalue weighted by molar-refractivity contribution is -0.144. The number of nitrogens with zero attached hydrogens (tertiary/aromatic N) is 2. The van der Waals surface area contributed by atoms with Gasteiger partial charge < -0.3 is 19.1 Å². The highest BCUT2D eigenvalue weighted by atomic mass is 35.5. The van der Waals surface area contributed by atoms with Crippen LogP contribution in [0.4, 0.5) is 57.5 Å². The summed E-state index contributed by atoms with van der Waals surface area (Å²) in [4.78, 5) is 72.3. The maximum atomic E-state index is 15.1. The van der Waals surface area contributed by atoms with Gasteiger partial charge in [-0.15, -0.1) is 0 Å². The molecule has 7 aromatic carbocycles. The number of halogens is 14. The average molecular weight is 1110 g/mol. The lowest BCUT2D eigenvalue weighted by Crippen LogP contribution is -2.52. The standard InChI is InChI=1S/C52H34Cl2F12N2O8/c1-20(69)29-16-33(53)39-42-36(75-28-14-24(51(61,62)63)11-25(15-28)52(64,65)66)19-32-38-31(45(71)68(46(32)72)26-6-8-67(9-7-26)47(73)76-48(3,4)5)17-34(54)40(44(38)42)41-35(18-30(21(2)70)37(29)43(39)41)74-27-12-22(49(55,56)57)10-23(13-27)50(58,59)60/h10-19,26H,6-9H2,1-5H3. The van der Waals surface area contributed by atoms with Gasteiger partial charge >= 0.3 is 30.8 Å². The van der Waals surface area contributed by atoms with Crippen LogP contribution < -0.4 is 9.47 Å². The number of alkyl halides is 12. The summed E-state index contributed by atoms with van der Waals surface area (Å²) < 4.78 is 189. The summed E-state index contributed by atoms with van der Waals surface area (Å²) in [7, 11) is 0. The van der Waals surface area contributed by atoms with Crippen LogP contribution in [0.2, 0.25) is 10.0 Å². The highest BCUT2D eigenvalue weighted by Crippen LogP contribution is 2.56. The Morgan fingerprint density at radius 1 is 0.500 bits per heavy atom. The molecule has 0 atom stereocenters. The molecular weight excluding hydrogens is 1080 g/mol. The second kappa shape index (κ2) is 18.0. The van der Waals surface area contributed by atoms with Gasteiger partial charge in [0, 0.05) is 78.4 Å². The van der Waals surface area contributed by atoms with Gasteiger partial charge in [0.25, 0.3) is 11.8 Å². The molecule has 7 aromatic rings. The molecule has 9 rings (SSSR count). The molecule has 0 bridgehead atoms. The fourth-order valence-electron chi connectivity index (χ4n) is 9.74. The number of carbonyl (C=O) groups excluding carboxylic acids is 5. The maximum absolute atomic E-state index is 15.1. The number of fused-ring (bicyclic) bond motifs is 2. The number of likely N-dealkylation sites (tertiary alicyclic amines) is 1. The van der Waals surface area contributed by atoms with E-state index in [9.17, 15) is 71.9 Å². The number of hydrogen-bond acceptors (Lipinski definition) is 8. The van der Waals surface area contributed by atoms with Gasteiger partial charge in [0.1, 0.15) is 28.6 Å². The molecule has 3 amide bonds. The third-order valence-corrected chi connectivity index (χ3v) is 13.5. The van der Waals surface area contributed by atoms with Gasteiger partial charge in [-0.25, -0.2) is 4.79 Å². The number of piperidine rings is 1. The number of hydrogen-bond donors (Lipinski definition) is 0. The predicted octanol–water partition coefficient (Wildman–Crippen LogP) is 16.1. The Labute approximate surface area is 430 Å². The van der Waals surface area contributed by atoms with Crippen molar-refractivity contribution in [3.8, 4) is 23.0 Å². The van der Waals surface area contributed by atoms with Crippen molar-refractivity contribution < 1.29 is 90.9 Å². The van der Waals surface area contributed by atoms with Crippen LogP contribution in [0.25, 0.3) is 43.1 Å². The molecule has 2 heterocycles. The van der Waals surface area contributed by atoms with Crippen LogP contribution in [-0.2, 0) is 29.4 Å². The molecule has 0 N–H and O–H groups in total. The van der Waals surface area contributed by atoms with E-state index in [2.05, 4.69) is 0 Å². The first-order valence-electron chi connectivity index (χ1n) is 22.5. The van der Waals surface area contributed by atoms with Crippen molar-refractivity contribution in [1.29, 1.82) is 0 Å². The van der Waals surface area contributed by atoms with E-state index in [4.69, 9.17) is 37.4 Å². The summed E-state index contributed by atoms with van der Waals surface area (Å²) in [6.07, 6.45) is -22.4. The third kappa shape index (κ3) is 9.40. The van der Waals surface area contributed by atoms with Crippen LogP contribution in [-0.4, -0.2) is 64.0 Å². The zero-order valence-corrected chi connectivity index (χ0v) is 41.1. The average Bonchev–Trinajstić information content (AvgIpc) is 3.37. The summed E-state index contributed by atoms with van der Waals surface area (Å²) in [5, 5.41) is -3.92. The molecule has 0 saturated carbocycles. The lowest BCUT2D eigenvalue weighted by atomic mass is 9.81. The SMILES string of the molecule is CC(=O)c1cc(Cl)c2c3c(Oc4cc(C(F)(F)F)cc(C(F)(F)F)c4)cc4c5c(cc(Cl)c(c6c(Oc7cc(C(F)(F)F)cc(C(F)(F)F)c7)cc(C(C)=O)c1c26)c53)C(=O)N(C1CCN(C(=O)OC(C)(C)C)CC1)C4=O. The zero-order valence-electron chi connectivity index (χ0n) is 39.6. The smallest absolute Gasteiger partial charge is 0.416 e. The minimum Gasteiger partial charge on any atom is -0.457 e. The molecule has 0 aromatic heterocycles. The van der Waals surface area contributed by atoms with E-state index >= 15 is 4.79 Å². The monoisotopic (exact) mass is 1110 g/mol. The predicted molar refractivity (Wildman–Crippen MR) is 252 cm³/mol. The van der Waals surface area contributed by atoms with Crippen LogP contribution in [0.3, 0.4) is 0 Å². The van der Waals surface area contributed by atoms with E-state index in [-0.39, 0.29) is 106 Å². The minimum atomic E-state index is -5.41. The van der Waals surface area contributed by atoms with Gasteiger partial charge in [-0.3, -0.25) is 24.1 Å². The second-order valence-corrected chi connectivity index (χ2v) is 19.9. The Morgan fingerprint density at radius 2 is 0.882 bits per heavy atom. The first-order chi connectivity index (χ1) is 35.0. The Morgan fingerprint density at radius 3 is 1.29 bits per heavy atom. The van der Waals surface area contributed by atoms with E-state index < -0.39 is 143 Å². The van der Waals surface area contributed by atoms with E-state index in [1.807, 2.05) is 0 Å². The van der Waals surface area contributed by atoms with Crippen molar-refractivity contribution >= 4 is 95.8 Å². The molecule has 0 spiro atoms.